The molecule has 2 aromatic rings. The van der Waals surface area contributed by atoms with E-state index < -0.39 is 0 Å². The van der Waals surface area contributed by atoms with Gasteiger partial charge in [0.2, 0.25) is 5.91 Å². The van der Waals surface area contributed by atoms with Gasteiger partial charge in [0.1, 0.15) is 0 Å². The lowest BCUT2D eigenvalue weighted by atomic mass is 10.0. The molecule has 3 heteroatoms. The first-order chi connectivity index (χ1) is 10.2. The van der Waals surface area contributed by atoms with Gasteiger partial charge in [0.05, 0.1) is 6.04 Å². The van der Waals surface area contributed by atoms with Crippen molar-refractivity contribution in [3.8, 4) is 0 Å². The fourth-order valence-electron chi connectivity index (χ4n) is 2.97. The summed E-state index contributed by atoms with van der Waals surface area (Å²) in [5, 5.41) is 2.46. The monoisotopic (exact) mass is 282 g/mol. The molecule has 0 saturated heterocycles. The van der Waals surface area contributed by atoms with Gasteiger partial charge in [-0.1, -0.05) is 36.4 Å². The first kappa shape index (κ1) is 14.1. The van der Waals surface area contributed by atoms with E-state index in [1.165, 1.54) is 16.3 Å². The highest BCUT2D eigenvalue weighted by Gasteiger charge is 2.35. The molecule has 1 amide bonds. The number of fused-ring (bicyclic) bond motifs is 1. The van der Waals surface area contributed by atoms with Gasteiger partial charge in [-0.2, -0.15) is 0 Å². The number of carbonyl (C=O) groups excluding carboxylic acids is 1. The Kier molecular flexibility index (Phi) is 3.93. The molecule has 1 saturated carbocycles. The molecule has 110 valence electrons. The molecule has 1 aliphatic rings. The maximum Gasteiger partial charge on any atom is 0.224 e. The summed E-state index contributed by atoms with van der Waals surface area (Å²) in [7, 11) is 0. The molecular weight excluding hydrogens is 260 g/mol. The van der Waals surface area contributed by atoms with Crippen LogP contribution < -0.4 is 5.73 Å². The van der Waals surface area contributed by atoms with Crippen molar-refractivity contribution >= 4 is 16.7 Å². The molecular formula is C18H22N2O. The van der Waals surface area contributed by atoms with Crippen molar-refractivity contribution in [2.45, 2.75) is 38.3 Å². The maximum absolute atomic E-state index is 12.3. The minimum Gasteiger partial charge on any atom is -0.333 e. The number of carbonyl (C=O) groups is 1. The number of benzene rings is 2. The van der Waals surface area contributed by atoms with Crippen LogP contribution in [-0.4, -0.2) is 23.4 Å². The van der Waals surface area contributed by atoms with Crippen molar-refractivity contribution in [1.82, 2.24) is 4.90 Å². The van der Waals surface area contributed by atoms with Gasteiger partial charge in [0, 0.05) is 19.0 Å². The van der Waals surface area contributed by atoms with Crippen molar-refractivity contribution in [2.24, 2.45) is 5.73 Å². The van der Waals surface area contributed by atoms with Crippen LogP contribution in [0, 0.1) is 0 Å². The highest BCUT2D eigenvalue weighted by molar-refractivity contribution is 5.83. The predicted molar refractivity (Wildman–Crippen MR) is 85.9 cm³/mol. The summed E-state index contributed by atoms with van der Waals surface area (Å²) in [6, 6.07) is 15.3. The molecule has 0 heterocycles. The van der Waals surface area contributed by atoms with Gasteiger partial charge in [-0.3, -0.25) is 4.79 Å². The summed E-state index contributed by atoms with van der Waals surface area (Å²) in [6.45, 7) is 2.54. The van der Waals surface area contributed by atoms with E-state index in [4.69, 9.17) is 5.73 Å². The van der Waals surface area contributed by atoms with E-state index in [2.05, 4.69) is 43.3 Å². The van der Waals surface area contributed by atoms with Crippen LogP contribution in [0.1, 0.15) is 37.8 Å². The van der Waals surface area contributed by atoms with E-state index in [9.17, 15) is 4.79 Å². The lowest BCUT2D eigenvalue weighted by Crippen LogP contribution is -2.36. The molecule has 1 fully saturated rings. The second-order valence-electron chi connectivity index (χ2n) is 5.85. The zero-order valence-corrected chi connectivity index (χ0v) is 12.5. The highest BCUT2D eigenvalue weighted by Crippen LogP contribution is 2.35. The lowest BCUT2D eigenvalue weighted by Gasteiger charge is -2.30. The van der Waals surface area contributed by atoms with Crippen molar-refractivity contribution in [2.75, 3.05) is 6.54 Å². The Morgan fingerprint density at radius 2 is 1.95 bits per heavy atom. The predicted octanol–water partition coefficient (Wildman–Crippen LogP) is 3.24. The average molecular weight is 282 g/mol. The molecule has 0 spiro atoms. The van der Waals surface area contributed by atoms with Gasteiger partial charge in [0.15, 0.2) is 0 Å². The van der Waals surface area contributed by atoms with Crippen molar-refractivity contribution < 1.29 is 4.79 Å². The molecule has 3 rings (SSSR count). The Morgan fingerprint density at radius 1 is 1.24 bits per heavy atom. The molecule has 0 unspecified atom stereocenters. The van der Waals surface area contributed by atoms with Gasteiger partial charge in [0.25, 0.3) is 0 Å². The Hall–Kier alpha value is -1.87. The summed E-state index contributed by atoms with van der Waals surface area (Å²) < 4.78 is 0. The second-order valence-corrected chi connectivity index (χ2v) is 5.85. The number of nitrogens with zero attached hydrogens (tertiary/aromatic N) is 1. The second kappa shape index (κ2) is 5.86. The smallest absolute Gasteiger partial charge is 0.224 e. The molecule has 0 bridgehead atoms. The number of hydrogen-bond donors (Lipinski definition) is 1. The number of rotatable bonds is 5. The maximum atomic E-state index is 12.3. The van der Waals surface area contributed by atoms with Crippen LogP contribution >= 0.6 is 0 Å². The Bertz CT molecular complexity index is 648. The lowest BCUT2D eigenvalue weighted by molar-refractivity contribution is -0.133. The summed E-state index contributed by atoms with van der Waals surface area (Å²) in [6.07, 6.45) is 2.68. The van der Waals surface area contributed by atoms with E-state index in [1.54, 1.807) is 0 Å². The van der Waals surface area contributed by atoms with Crippen LogP contribution in [0.3, 0.4) is 0 Å². The summed E-state index contributed by atoms with van der Waals surface area (Å²) in [5.41, 5.74) is 6.75. The van der Waals surface area contributed by atoms with E-state index in [0.29, 0.717) is 19.0 Å². The zero-order chi connectivity index (χ0) is 14.8. The quantitative estimate of drug-likeness (QED) is 0.915. The normalized spacial score (nSPS) is 15.9. The Morgan fingerprint density at radius 3 is 2.62 bits per heavy atom. The molecule has 21 heavy (non-hydrogen) atoms. The fourth-order valence-corrected chi connectivity index (χ4v) is 2.97. The summed E-state index contributed by atoms with van der Waals surface area (Å²) >= 11 is 0. The molecule has 1 atom stereocenters. The third-order valence-corrected chi connectivity index (χ3v) is 4.26. The molecule has 2 aromatic carbocycles. The third-order valence-electron chi connectivity index (χ3n) is 4.26. The standard InChI is InChI=1S/C18H22N2O/c1-13(20(17-8-9-17)18(21)10-11-19)15-7-6-14-4-2-3-5-16(14)12-15/h2-7,12-13,17H,8-11,19H2,1H3/t13-/m1/s1. The van der Waals surface area contributed by atoms with Gasteiger partial charge in [-0.05, 0) is 42.2 Å². The minimum atomic E-state index is 0.112. The van der Waals surface area contributed by atoms with Crippen LogP contribution in [0.25, 0.3) is 10.8 Å². The first-order valence-electron chi connectivity index (χ1n) is 7.70. The van der Waals surface area contributed by atoms with Crippen molar-refractivity contribution in [3.63, 3.8) is 0 Å². The first-order valence-corrected chi connectivity index (χ1v) is 7.70. The SMILES string of the molecule is C[C@H](c1ccc2ccccc2c1)N(C(=O)CCN)C1CC1. The van der Waals surface area contributed by atoms with Gasteiger partial charge in [-0.15, -0.1) is 0 Å². The largest absolute Gasteiger partial charge is 0.333 e. The molecule has 0 radical (unpaired) electrons. The molecule has 0 aromatic heterocycles. The average Bonchev–Trinajstić information content (AvgIpc) is 3.32. The van der Waals surface area contributed by atoms with Gasteiger partial charge >= 0.3 is 0 Å². The number of amides is 1. The highest BCUT2D eigenvalue weighted by atomic mass is 16.2. The third kappa shape index (κ3) is 2.93. The van der Waals surface area contributed by atoms with Crippen molar-refractivity contribution in [3.05, 3.63) is 48.0 Å². The number of hydrogen-bond acceptors (Lipinski definition) is 2. The molecule has 1 aliphatic carbocycles. The van der Waals surface area contributed by atoms with Crippen LogP contribution in [-0.2, 0) is 4.79 Å². The van der Waals surface area contributed by atoms with Crippen LogP contribution in [0.5, 0.6) is 0 Å². The topological polar surface area (TPSA) is 46.3 Å². The number of nitrogens with two attached hydrogens (primary N) is 1. The van der Waals surface area contributed by atoms with Crippen LogP contribution in [0.4, 0.5) is 0 Å². The Labute approximate surface area is 125 Å². The Balaban J connectivity index is 1.90. The molecule has 2 N–H and O–H groups in total. The molecule has 0 aliphatic heterocycles. The van der Waals surface area contributed by atoms with Gasteiger partial charge in [-0.25, -0.2) is 0 Å². The molecule has 3 nitrogen and oxygen atoms in total. The van der Waals surface area contributed by atoms with Crippen LogP contribution in [0.15, 0.2) is 42.5 Å². The summed E-state index contributed by atoms with van der Waals surface area (Å²) in [5.74, 6) is 0.181. The van der Waals surface area contributed by atoms with E-state index in [1.807, 2.05) is 11.0 Å². The van der Waals surface area contributed by atoms with Crippen molar-refractivity contribution in [1.29, 1.82) is 0 Å². The van der Waals surface area contributed by atoms with E-state index >= 15 is 0 Å². The minimum absolute atomic E-state index is 0.112. The van der Waals surface area contributed by atoms with E-state index in [-0.39, 0.29) is 11.9 Å². The summed E-state index contributed by atoms with van der Waals surface area (Å²) in [4.78, 5) is 14.4. The zero-order valence-electron chi connectivity index (χ0n) is 12.5. The fraction of sp³-hybridized carbons (Fsp3) is 0.389. The van der Waals surface area contributed by atoms with Gasteiger partial charge < -0.3 is 10.6 Å². The van der Waals surface area contributed by atoms with Crippen LogP contribution in [0.2, 0.25) is 0 Å². The van der Waals surface area contributed by atoms with E-state index in [0.717, 1.165) is 12.8 Å².